The monoisotopic (exact) mass is 346 g/mol. The minimum absolute atomic E-state index is 0.0772. The van der Waals surface area contributed by atoms with Crippen LogP contribution in [0.25, 0.3) is 0 Å². The molecule has 0 spiro atoms. The Morgan fingerprint density at radius 1 is 1.28 bits per heavy atom. The maximum Gasteiger partial charge on any atom is 0.251 e. The molecule has 1 aromatic rings. The van der Waals surface area contributed by atoms with Crippen LogP contribution in [0.4, 0.5) is 0 Å². The van der Waals surface area contributed by atoms with E-state index >= 15 is 0 Å². The molecule has 0 bridgehead atoms. The van der Waals surface area contributed by atoms with Gasteiger partial charge in [-0.1, -0.05) is 32.9 Å². The Kier molecular flexibility index (Phi) is 8.46. The molecule has 1 atom stereocenters. The first-order valence-electron chi connectivity index (χ1n) is 9.11. The van der Waals surface area contributed by atoms with Crippen molar-refractivity contribution in [2.45, 2.75) is 60.0 Å². The Labute approximate surface area is 152 Å². The van der Waals surface area contributed by atoms with Crippen molar-refractivity contribution in [2.75, 3.05) is 13.6 Å². The summed E-state index contributed by atoms with van der Waals surface area (Å²) in [6, 6.07) is 7.93. The molecular weight excluding hydrogens is 312 g/mol. The van der Waals surface area contributed by atoms with E-state index in [9.17, 15) is 4.79 Å². The molecule has 0 saturated heterocycles. The van der Waals surface area contributed by atoms with Gasteiger partial charge in [-0.05, 0) is 49.8 Å². The normalized spacial score (nSPS) is 13.3. The van der Waals surface area contributed by atoms with Crippen molar-refractivity contribution in [3.8, 4) is 0 Å². The minimum atomic E-state index is -0.0772. The van der Waals surface area contributed by atoms with Crippen molar-refractivity contribution in [2.24, 2.45) is 10.4 Å². The van der Waals surface area contributed by atoms with Crippen LogP contribution in [0.3, 0.4) is 0 Å². The molecule has 0 aliphatic rings. The Balaban J connectivity index is 2.70. The topological polar surface area (TPSA) is 65.5 Å². The van der Waals surface area contributed by atoms with Gasteiger partial charge in [-0.2, -0.15) is 0 Å². The summed E-state index contributed by atoms with van der Waals surface area (Å²) < 4.78 is 0. The van der Waals surface area contributed by atoms with Crippen LogP contribution in [0.5, 0.6) is 0 Å². The van der Waals surface area contributed by atoms with Crippen LogP contribution in [0.15, 0.2) is 29.3 Å². The molecule has 1 amide bonds. The highest BCUT2D eigenvalue weighted by atomic mass is 16.1. The molecule has 25 heavy (non-hydrogen) atoms. The zero-order valence-electron chi connectivity index (χ0n) is 16.6. The van der Waals surface area contributed by atoms with Gasteiger partial charge in [0.1, 0.15) is 0 Å². The number of rotatable bonds is 7. The number of carbonyl (C=O) groups excluding carboxylic acids is 1. The highest BCUT2D eigenvalue weighted by Crippen LogP contribution is 2.21. The lowest BCUT2D eigenvalue weighted by Gasteiger charge is -2.23. The lowest BCUT2D eigenvalue weighted by atomic mass is 9.89. The van der Waals surface area contributed by atoms with E-state index in [1.165, 1.54) is 0 Å². The van der Waals surface area contributed by atoms with Crippen molar-refractivity contribution >= 4 is 11.9 Å². The van der Waals surface area contributed by atoms with Gasteiger partial charge in [-0.15, -0.1) is 0 Å². The first-order valence-corrected chi connectivity index (χ1v) is 9.11. The van der Waals surface area contributed by atoms with Crippen LogP contribution in [-0.2, 0) is 6.54 Å². The van der Waals surface area contributed by atoms with E-state index in [0.29, 0.717) is 23.6 Å². The molecule has 1 unspecified atom stereocenters. The quantitative estimate of drug-likeness (QED) is 0.524. The number of carbonyl (C=O) groups is 1. The number of hydrogen-bond donors (Lipinski definition) is 3. The third-order valence-electron chi connectivity index (χ3n) is 3.89. The standard InChI is InChI=1S/C20H34N4O/c1-7-22-19(24-15(2)11-12-20(3,4)5)23-14-16-9-8-10-17(13-16)18(25)21-6/h8-10,13,15H,7,11-12,14H2,1-6H3,(H,21,25)(H2,22,23,24). The maximum atomic E-state index is 11.7. The average Bonchev–Trinajstić information content (AvgIpc) is 2.57. The van der Waals surface area contributed by atoms with E-state index in [-0.39, 0.29) is 5.91 Å². The fourth-order valence-electron chi connectivity index (χ4n) is 2.40. The second kappa shape index (κ2) is 10.1. The van der Waals surface area contributed by atoms with Crippen molar-refractivity contribution in [3.63, 3.8) is 0 Å². The largest absolute Gasteiger partial charge is 0.357 e. The Morgan fingerprint density at radius 2 is 2.00 bits per heavy atom. The van der Waals surface area contributed by atoms with Gasteiger partial charge in [-0.25, -0.2) is 4.99 Å². The zero-order valence-corrected chi connectivity index (χ0v) is 16.6. The predicted octanol–water partition coefficient (Wildman–Crippen LogP) is 3.32. The first-order chi connectivity index (χ1) is 11.7. The molecule has 5 heteroatoms. The Morgan fingerprint density at radius 3 is 2.60 bits per heavy atom. The fraction of sp³-hybridized carbons (Fsp3) is 0.600. The Hall–Kier alpha value is -2.04. The lowest BCUT2D eigenvalue weighted by Crippen LogP contribution is -2.42. The molecule has 0 aliphatic heterocycles. The molecule has 0 aromatic heterocycles. The number of nitrogens with zero attached hydrogens (tertiary/aromatic N) is 1. The molecule has 1 rings (SSSR count). The average molecular weight is 347 g/mol. The van der Waals surface area contributed by atoms with Gasteiger partial charge in [0.2, 0.25) is 0 Å². The third-order valence-corrected chi connectivity index (χ3v) is 3.89. The molecule has 0 aliphatic carbocycles. The molecule has 0 saturated carbocycles. The molecule has 140 valence electrons. The summed E-state index contributed by atoms with van der Waals surface area (Å²) in [5.74, 6) is 0.737. The van der Waals surface area contributed by atoms with Gasteiger partial charge in [0.15, 0.2) is 5.96 Å². The van der Waals surface area contributed by atoms with Crippen molar-refractivity contribution in [1.29, 1.82) is 0 Å². The summed E-state index contributed by atoms with van der Waals surface area (Å²) in [5, 5.41) is 9.40. The number of amides is 1. The van der Waals surface area contributed by atoms with Crippen LogP contribution in [0, 0.1) is 5.41 Å². The summed E-state index contributed by atoms with van der Waals surface area (Å²) >= 11 is 0. The van der Waals surface area contributed by atoms with Crippen LogP contribution in [0.1, 0.15) is 63.4 Å². The van der Waals surface area contributed by atoms with Crippen LogP contribution in [-0.4, -0.2) is 31.5 Å². The van der Waals surface area contributed by atoms with E-state index in [2.05, 4.69) is 55.6 Å². The zero-order chi connectivity index (χ0) is 18.9. The van der Waals surface area contributed by atoms with Crippen LogP contribution in [0.2, 0.25) is 0 Å². The summed E-state index contributed by atoms with van der Waals surface area (Å²) in [5.41, 5.74) is 2.01. The number of guanidine groups is 1. The second-order valence-electron chi connectivity index (χ2n) is 7.62. The molecule has 3 N–H and O–H groups in total. The predicted molar refractivity (Wildman–Crippen MR) is 106 cm³/mol. The number of benzene rings is 1. The van der Waals surface area contributed by atoms with Gasteiger partial charge in [-0.3, -0.25) is 4.79 Å². The summed E-state index contributed by atoms with van der Waals surface area (Å²) in [7, 11) is 1.64. The highest BCUT2D eigenvalue weighted by molar-refractivity contribution is 5.94. The number of hydrogen-bond acceptors (Lipinski definition) is 2. The molecule has 5 nitrogen and oxygen atoms in total. The second-order valence-corrected chi connectivity index (χ2v) is 7.62. The third kappa shape index (κ3) is 8.57. The summed E-state index contributed by atoms with van der Waals surface area (Å²) in [4.78, 5) is 16.4. The van der Waals surface area contributed by atoms with E-state index in [1.54, 1.807) is 7.05 Å². The van der Waals surface area contributed by atoms with Gasteiger partial charge >= 0.3 is 0 Å². The van der Waals surface area contributed by atoms with Crippen molar-refractivity contribution in [1.82, 2.24) is 16.0 Å². The van der Waals surface area contributed by atoms with Crippen LogP contribution >= 0.6 is 0 Å². The van der Waals surface area contributed by atoms with E-state index in [4.69, 9.17) is 0 Å². The fourth-order valence-corrected chi connectivity index (χ4v) is 2.40. The van der Waals surface area contributed by atoms with E-state index in [1.807, 2.05) is 24.3 Å². The van der Waals surface area contributed by atoms with Crippen molar-refractivity contribution < 1.29 is 4.79 Å². The molecule has 1 aromatic carbocycles. The first kappa shape index (κ1) is 21.0. The van der Waals surface area contributed by atoms with Gasteiger partial charge in [0.25, 0.3) is 5.91 Å². The molecule has 0 radical (unpaired) electrons. The lowest BCUT2D eigenvalue weighted by molar-refractivity contribution is 0.0963. The smallest absolute Gasteiger partial charge is 0.251 e. The van der Waals surface area contributed by atoms with Gasteiger partial charge in [0.05, 0.1) is 6.54 Å². The SMILES string of the molecule is CCNC(=NCc1cccc(C(=O)NC)c1)NC(C)CCC(C)(C)C. The van der Waals surface area contributed by atoms with Crippen LogP contribution < -0.4 is 16.0 Å². The maximum absolute atomic E-state index is 11.7. The molecule has 0 fully saturated rings. The number of aliphatic imine (C=N–C) groups is 1. The van der Waals surface area contributed by atoms with Crippen molar-refractivity contribution in [3.05, 3.63) is 35.4 Å². The molecular formula is C20H34N4O. The van der Waals surface area contributed by atoms with Gasteiger partial charge < -0.3 is 16.0 Å². The van der Waals surface area contributed by atoms with Gasteiger partial charge in [0, 0.05) is 25.2 Å². The minimum Gasteiger partial charge on any atom is -0.357 e. The molecule has 0 heterocycles. The summed E-state index contributed by atoms with van der Waals surface area (Å²) in [6.07, 6.45) is 2.26. The Bertz CT molecular complexity index is 575. The van der Waals surface area contributed by atoms with E-state index in [0.717, 1.165) is 30.9 Å². The van der Waals surface area contributed by atoms with E-state index < -0.39 is 0 Å². The number of nitrogens with one attached hydrogen (secondary N) is 3. The highest BCUT2D eigenvalue weighted by Gasteiger charge is 2.13. The summed E-state index contributed by atoms with van der Waals surface area (Å²) in [6.45, 7) is 12.4.